The molecule has 26 heavy (non-hydrogen) atoms. The first kappa shape index (κ1) is 19.7. The third-order valence-corrected chi connectivity index (χ3v) is 4.14. The van der Waals surface area contributed by atoms with Crippen LogP contribution in [0.4, 0.5) is 0 Å². The highest BCUT2D eigenvalue weighted by Gasteiger charge is 2.50. The van der Waals surface area contributed by atoms with Crippen molar-refractivity contribution in [1.29, 1.82) is 0 Å². The normalized spacial score (nSPS) is 28.7. The molecule has 0 amide bonds. The minimum atomic E-state index is -2.29. The van der Waals surface area contributed by atoms with E-state index in [0.717, 1.165) is 6.08 Å². The van der Waals surface area contributed by atoms with Gasteiger partial charge < -0.3 is 35.0 Å². The van der Waals surface area contributed by atoms with Crippen LogP contribution in [0.15, 0.2) is 24.3 Å². The lowest BCUT2D eigenvalue weighted by Crippen LogP contribution is -2.57. The van der Waals surface area contributed by atoms with E-state index in [1.165, 1.54) is 31.4 Å². The quantitative estimate of drug-likeness (QED) is 0.347. The molecule has 0 saturated heterocycles. The second kappa shape index (κ2) is 7.73. The molecule has 1 aromatic carbocycles. The number of carbonyl (C=O) groups excluding carboxylic acids is 1. The molecule has 0 bridgehead atoms. The topological polar surface area (TPSA) is 154 Å². The summed E-state index contributed by atoms with van der Waals surface area (Å²) < 4.78 is 9.92. The fourth-order valence-corrected chi connectivity index (χ4v) is 2.69. The lowest BCUT2D eigenvalue weighted by molar-refractivity contribution is -0.196. The average molecular weight is 368 g/mol. The van der Waals surface area contributed by atoms with Crippen LogP contribution < -0.4 is 4.74 Å². The van der Waals surface area contributed by atoms with Gasteiger partial charge in [-0.2, -0.15) is 0 Å². The highest BCUT2D eigenvalue weighted by Crippen LogP contribution is 2.31. The zero-order valence-corrected chi connectivity index (χ0v) is 13.9. The summed E-state index contributed by atoms with van der Waals surface area (Å²) in [6.45, 7) is 0. The first-order valence-corrected chi connectivity index (χ1v) is 7.74. The smallest absolute Gasteiger partial charge is 0.335 e. The first-order valence-electron chi connectivity index (χ1n) is 7.74. The summed E-state index contributed by atoms with van der Waals surface area (Å²) >= 11 is 0. The van der Waals surface area contributed by atoms with E-state index in [-0.39, 0.29) is 11.5 Å². The molecule has 0 spiro atoms. The van der Waals surface area contributed by atoms with Gasteiger partial charge >= 0.3 is 11.9 Å². The number of esters is 1. The molecule has 0 heterocycles. The van der Waals surface area contributed by atoms with Gasteiger partial charge in [-0.3, -0.25) is 0 Å². The Balaban J connectivity index is 2.07. The summed E-state index contributed by atoms with van der Waals surface area (Å²) in [5.74, 6) is -2.34. The Kier molecular flexibility index (Phi) is 5.86. The van der Waals surface area contributed by atoms with E-state index in [0.29, 0.717) is 5.56 Å². The monoisotopic (exact) mass is 368 g/mol. The van der Waals surface area contributed by atoms with Gasteiger partial charge in [0.05, 0.1) is 13.2 Å². The molecule has 5 N–H and O–H groups in total. The van der Waals surface area contributed by atoms with Gasteiger partial charge in [-0.15, -0.1) is 0 Å². The fraction of sp³-hybridized carbons (Fsp3) is 0.412. The lowest BCUT2D eigenvalue weighted by atomic mass is 9.79. The summed E-state index contributed by atoms with van der Waals surface area (Å²) in [6.07, 6.45) is -3.17. The summed E-state index contributed by atoms with van der Waals surface area (Å²) in [5.41, 5.74) is -1.78. The number of aromatic hydroxyl groups is 1. The molecule has 1 aliphatic carbocycles. The number of phenols is 1. The number of carboxylic acid groups (broad SMARTS) is 1. The van der Waals surface area contributed by atoms with Crippen molar-refractivity contribution in [2.45, 2.75) is 36.8 Å². The highest BCUT2D eigenvalue weighted by molar-refractivity contribution is 5.87. The Labute approximate surface area is 148 Å². The molecule has 0 radical (unpaired) electrons. The fourth-order valence-electron chi connectivity index (χ4n) is 2.69. The molecule has 1 aromatic rings. The number of carbonyl (C=O) groups is 2. The summed E-state index contributed by atoms with van der Waals surface area (Å²) in [4.78, 5) is 23.1. The minimum absolute atomic E-state index is 0.0699. The number of rotatable bonds is 5. The molecule has 9 heteroatoms. The van der Waals surface area contributed by atoms with Gasteiger partial charge in [0.1, 0.15) is 12.2 Å². The lowest BCUT2D eigenvalue weighted by Gasteiger charge is -2.39. The van der Waals surface area contributed by atoms with E-state index in [1.807, 2.05) is 0 Å². The second-order valence-electron chi connectivity index (χ2n) is 6.04. The second-order valence-corrected chi connectivity index (χ2v) is 6.04. The SMILES string of the molecule is COc1cc(/C=C/C(=O)OC2C[C@@](O)(C(=O)O)CC(O)[C@@H]2O)ccc1O. The number of hydrogen-bond donors (Lipinski definition) is 5. The van der Waals surface area contributed by atoms with Crippen LogP contribution in [0.2, 0.25) is 0 Å². The van der Waals surface area contributed by atoms with E-state index >= 15 is 0 Å². The van der Waals surface area contributed by atoms with Crippen molar-refractivity contribution in [2.24, 2.45) is 0 Å². The van der Waals surface area contributed by atoms with Crippen molar-refractivity contribution in [2.75, 3.05) is 7.11 Å². The molecule has 1 aliphatic rings. The number of aliphatic hydroxyl groups excluding tert-OH is 2. The Morgan fingerprint density at radius 3 is 2.58 bits per heavy atom. The largest absolute Gasteiger partial charge is 0.504 e. The zero-order valence-electron chi connectivity index (χ0n) is 13.9. The predicted octanol–water partition coefficient (Wildman–Crippen LogP) is -0.343. The highest BCUT2D eigenvalue weighted by atomic mass is 16.6. The van der Waals surface area contributed by atoms with Gasteiger partial charge in [0.15, 0.2) is 17.1 Å². The maximum absolute atomic E-state index is 11.9. The van der Waals surface area contributed by atoms with Crippen molar-refractivity contribution in [3.8, 4) is 11.5 Å². The van der Waals surface area contributed by atoms with Crippen molar-refractivity contribution in [3.05, 3.63) is 29.8 Å². The van der Waals surface area contributed by atoms with E-state index in [9.17, 15) is 30.0 Å². The molecule has 1 saturated carbocycles. The van der Waals surface area contributed by atoms with Crippen LogP contribution >= 0.6 is 0 Å². The number of carboxylic acids is 1. The number of phenolic OH excluding ortho intramolecular Hbond substituents is 1. The number of hydrogen-bond acceptors (Lipinski definition) is 8. The van der Waals surface area contributed by atoms with E-state index in [2.05, 4.69) is 0 Å². The standard InChI is InChI=1S/C17H20O9/c1-25-12-6-9(2-4-10(12)18)3-5-14(20)26-13-8-17(24,16(22)23)7-11(19)15(13)21/h2-6,11,13,15,18-19,21,24H,7-8H2,1H3,(H,22,23)/b5-3+/t11?,13?,15-,17+/m0/s1. The molecule has 142 valence electrons. The van der Waals surface area contributed by atoms with Crippen molar-refractivity contribution >= 4 is 18.0 Å². The van der Waals surface area contributed by atoms with Crippen LogP contribution in [0.25, 0.3) is 6.08 Å². The Morgan fingerprint density at radius 2 is 1.96 bits per heavy atom. The number of aliphatic carboxylic acids is 1. The Hall–Kier alpha value is -2.62. The number of ether oxygens (including phenoxy) is 2. The van der Waals surface area contributed by atoms with Gasteiger partial charge in [0, 0.05) is 18.9 Å². The summed E-state index contributed by atoms with van der Waals surface area (Å²) in [7, 11) is 1.37. The minimum Gasteiger partial charge on any atom is -0.504 e. The van der Waals surface area contributed by atoms with Crippen molar-refractivity contribution < 1.29 is 44.6 Å². The Bertz CT molecular complexity index is 714. The van der Waals surface area contributed by atoms with Crippen LogP contribution in [-0.2, 0) is 14.3 Å². The average Bonchev–Trinajstić information content (AvgIpc) is 2.58. The van der Waals surface area contributed by atoms with Crippen LogP contribution in [0.1, 0.15) is 18.4 Å². The maximum atomic E-state index is 11.9. The first-order chi connectivity index (χ1) is 12.2. The van der Waals surface area contributed by atoms with Crippen LogP contribution in [0, 0.1) is 0 Å². The van der Waals surface area contributed by atoms with Gasteiger partial charge in [0.2, 0.25) is 0 Å². The van der Waals surface area contributed by atoms with Gasteiger partial charge in [0.25, 0.3) is 0 Å². The van der Waals surface area contributed by atoms with Gasteiger partial charge in [-0.05, 0) is 23.8 Å². The summed E-state index contributed by atoms with van der Waals surface area (Å²) in [6, 6.07) is 4.36. The van der Waals surface area contributed by atoms with E-state index in [1.54, 1.807) is 0 Å². The van der Waals surface area contributed by atoms with Crippen molar-refractivity contribution in [1.82, 2.24) is 0 Å². The van der Waals surface area contributed by atoms with Gasteiger partial charge in [-0.1, -0.05) is 6.07 Å². The zero-order chi connectivity index (χ0) is 19.5. The molecule has 1 fully saturated rings. The molecular weight excluding hydrogens is 348 g/mol. The molecule has 2 unspecified atom stereocenters. The van der Waals surface area contributed by atoms with Crippen LogP contribution in [0.5, 0.6) is 11.5 Å². The maximum Gasteiger partial charge on any atom is 0.335 e. The van der Waals surface area contributed by atoms with E-state index in [4.69, 9.17) is 14.6 Å². The molecule has 0 aliphatic heterocycles. The van der Waals surface area contributed by atoms with Crippen LogP contribution in [0.3, 0.4) is 0 Å². The third kappa shape index (κ3) is 4.31. The van der Waals surface area contributed by atoms with E-state index < -0.39 is 48.7 Å². The molecule has 2 rings (SSSR count). The van der Waals surface area contributed by atoms with Gasteiger partial charge in [-0.25, -0.2) is 9.59 Å². The molecule has 0 aromatic heterocycles. The Morgan fingerprint density at radius 1 is 1.27 bits per heavy atom. The predicted molar refractivity (Wildman–Crippen MR) is 87.4 cm³/mol. The summed E-state index contributed by atoms with van der Waals surface area (Å²) in [5, 5.41) is 48.2. The molecule has 9 nitrogen and oxygen atoms in total. The molecule has 4 atom stereocenters. The number of methoxy groups -OCH3 is 1. The van der Waals surface area contributed by atoms with Crippen LogP contribution in [-0.4, -0.2) is 68.5 Å². The number of aliphatic hydroxyl groups is 3. The van der Waals surface area contributed by atoms with Crippen molar-refractivity contribution in [3.63, 3.8) is 0 Å². The third-order valence-electron chi connectivity index (χ3n) is 4.14. The number of benzene rings is 1. The molecular formula is C17H20O9.